The molecule has 0 radical (unpaired) electrons. The summed E-state index contributed by atoms with van der Waals surface area (Å²) in [5, 5.41) is 0.757. The number of carbonyl (C=O) groups is 1. The van der Waals surface area contributed by atoms with Crippen LogP contribution in [0.3, 0.4) is 0 Å². The Morgan fingerprint density at radius 3 is 2.64 bits per heavy atom. The summed E-state index contributed by atoms with van der Waals surface area (Å²) >= 11 is 8.14. The fourth-order valence-corrected chi connectivity index (χ4v) is 5.32. The number of nitrogens with zero attached hydrogens (tertiary/aromatic N) is 3. The number of fused-ring (bicyclic) bond motifs is 1. The van der Waals surface area contributed by atoms with Crippen molar-refractivity contribution in [3.05, 3.63) is 39.0 Å². The number of rotatable bonds is 6. The monoisotopic (exact) mass is 455 g/mol. The van der Waals surface area contributed by atoms with Crippen molar-refractivity contribution in [1.29, 1.82) is 0 Å². The lowest BCUT2D eigenvalue weighted by atomic mass is 10.3. The van der Waals surface area contributed by atoms with Gasteiger partial charge in [0.1, 0.15) is 0 Å². The summed E-state index contributed by atoms with van der Waals surface area (Å²) in [5.74, 6) is 0.00214. The zero-order valence-electron chi connectivity index (χ0n) is 14.2. The lowest BCUT2D eigenvalue weighted by Gasteiger charge is -2.21. The molecule has 0 aliphatic carbocycles. The third-order valence-corrected chi connectivity index (χ3v) is 7.05. The summed E-state index contributed by atoms with van der Waals surface area (Å²) in [5.41, 5.74) is 0.977. The zero-order valence-corrected chi connectivity index (χ0v) is 18.2. The van der Waals surface area contributed by atoms with Gasteiger partial charge in [-0.3, -0.25) is 9.69 Å². The van der Waals surface area contributed by atoms with Crippen molar-refractivity contribution in [1.82, 2.24) is 9.88 Å². The number of thiazole rings is 1. The zero-order chi connectivity index (χ0) is 18.0. The summed E-state index contributed by atoms with van der Waals surface area (Å²) in [4.78, 5) is 23.6. The summed E-state index contributed by atoms with van der Waals surface area (Å²) in [7, 11) is 4.02. The first-order valence-electron chi connectivity index (χ1n) is 7.65. The minimum absolute atomic E-state index is 0.00214. The molecule has 0 bridgehead atoms. The number of aromatic nitrogens is 1. The van der Waals surface area contributed by atoms with Crippen LogP contribution < -0.4 is 4.90 Å². The number of hydrogen-bond donors (Lipinski definition) is 0. The van der Waals surface area contributed by atoms with Crippen LogP contribution >= 0.6 is 50.4 Å². The Kier molecular flexibility index (Phi) is 6.17. The van der Waals surface area contributed by atoms with Gasteiger partial charge in [-0.05, 0) is 60.5 Å². The van der Waals surface area contributed by atoms with Gasteiger partial charge in [0.2, 0.25) is 0 Å². The number of halogens is 1. The van der Waals surface area contributed by atoms with Gasteiger partial charge in [-0.25, -0.2) is 4.98 Å². The second kappa shape index (κ2) is 8.18. The molecule has 3 aromatic rings. The molecule has 2 aromatic heterocycles. The van der Waals surface area contributed by atoms with Crippen molar-refractivity contribution >= 4 is 71.6 Å². The SMILES string of the molecule is CSc1cccc2sc(N(CCN(C)C)C(=O)c3ccc(Br)s3)nc12. The van der Waals surface area contributed by atoms with E-state index in [4.69, 9.17) is 4.98 Å². The van der Waals surface area contributed by atoms with E-state index in [1.54, 1.807) is 28.0 Å². The van der Waals surface area contributed by atoms with E-state index < -0.39 is 0 Å². The average Bonchev–Trinajstić information content (AvgIpc) is 3.20. The molecule has 0 aliphatic rings. The Morgan fingerprint density at radius 1 is 1.20 bits per heavy atom. The van der Waals surface area contributed by atoms with Gasteiger partial charge in [0, 0.05) is 18.0 Å². The minimum atomic E-state index is 0.00214. The maximum Gasteiger partial charge on any atom is 0.270 e. The molecule has 1 aromatic carbocycles. The van der Waals surface area contributed by atoms with Crippen molar-refractivity contribution in [2.75, 3.05) is 38.3 Å². The fourth-order valence-electron chi connectivity index (χ4n) is 2.34. The highest BCUT2D eigenvalue weighted by Crippen LogP contribution is 2.35. The minimum Gasteiger partial charge on any atom is -0.308 e. The molecule has 0 saturated heterocycles. The maximum absolute atomic E-state index is 13.1. The van der Waals surface area contributed by atoms with E-state index in [-0.39, 0.29) is 5.91 Å². The number of benzene rings is 1. The van der Waals surface area contributed by atoms with E-state index in [0.29, 0.717) is 6.54 Å². The Labute approximate surface area is 168 Å². The Morgan fingerprint density at radius 2 is 2.00 bits per heavy atom. The summed E-state index contributed by atoms with van der Waals surface area (Å²) in [6.45, 7) is 1.39. The molecular weight excluding hydrogens is 438 g/mol. The standard InChI is InChI=1S/C17H18BrN3OS3/c1-20(2)9-10-21(16(22)13-7-8-14(18)24-13)17-19-15-11(23-3)5-4-6-12(15)25-17/h4-8H,9-10H2,1-3H3. The number of thiophene rings is 1. The molecule has 0 atom stereocenters. The first kappa shape index (κ1) is 18.8. The molecule has 25 heavy (non-hydrogen) atoms. The normalized spacial score (nSPS) is 11.4. The van der Waals surface area contributed by atoms with E-state index >= 15 is 0 Å². The number of amides is 1. The highest BCUT2D eigenvalue weighted by Gasteiger charge is 2.23. The highest BCUT2D eigenvalue weighted by molar-refractivity contribution is 9.11. The average molecular weight is 456 g/mol. The highest BCUT2D eigenvalue weighted by atomic mass is 79.9. The third-order valence-electron chi connectivity index (χ3n) is 3.62. The predicted octanol–water partition coefficient (Wildman–Crippen LogP) is 5.05. The van der Waals surface area contributed by atoms with Crippen LogP contribution in [0.5, 0.6) is 0 Å². The van der Waals surface area contributed by atoms with Crippen molar-refractivity contribution in [3.63, 3.8) is 0 Å². The second-order valence-electron chi connectivity index (χ2n) is 5.67. The molecule has 8 heteroatoms. The van der Waals surface area contributed by atoms with Crippen molar-refractivity contribution in [2.24, 2.45) is 0 Å². The molecule has 2 heterocycles. The molecule has 0 saturated carbocycles. The van der Waals surface area contributed by atoms with Gasteiger partial charge in [0.05, 0.1) is 18.9 Å². The Balaban J connectivity index is 2.00. The lowest BCUT2D eigenvalue weighted by Crippen LogP contribution is -2.36. The van der Waals surface area contributed by atoms with E-state index in [2.05, 4.69) is 33.0 Å². The van der Waals surface area contributed by atoms with Gasteiger partial charge in [0.15, 0.2) is 5.13 Å². The molecule has 4 nitrogen and oxygen atoms in total. The number of anilines is 1. The molecule has 3 rings (SSSR count). The Bertz CT molecular complexity index is 890. The number of thioether (sulfide) groups is 1. The van der Waals surface area contributed by atoms with Crippen LogP contribution in [0.1, 0.15) is 9.67 Å². The molecule has 0 fully saturated rings. The van der Waals surface area contributed by atoms with Gasteiger partial charge in [-0.1, -0.05) is 17.4 Å². The van der Waals surface area contributed by atoms with E-state index in [1.165, 1.54) is 11.3 Å². The topological polar surface area (TPSA) is 36.4 Å². The van der Waals surface area contributed by atoms with Crippen LogP contribution in [0, 0.1) is 0 Å². The van der Waals surface area contributed by atoms with Gasteiger partial charge in [-0.15, -0.1) is 23.1 Å². The first-order chi connectivity index (χ1) is 12.0. The lowest BCUT2D eigenvalue weighted by molar-refractivity contribution is 0.0989. The van der Waals surface area contributed by atoms with E-state index in [9.17, 15) is 4.79 Å². The van der Waals surface area contributed by atoms with Gasteiger partial charge < -0.3 is 4.90 Å². The molecule has 0 aliphatic heterocycles. The van der Waals surface area contributed by atoms with E-state index in [0.717, 1.165) is 35.5 Å². The smallest absolute Gasteiger partial charge is 0.270 e. The summed E-state index contributed by atoms with van der Waals surface area (Å²) < 4.78 is 2.06. The number of likely N-dealkylation sites (N-methyl/N-ethyl adjacent to an activating group) is 1. The number of para-hydroxylation sites is 1. The van der Waals surface area contributed by atoms with Gasteiger partial charge in [-0.2, -0.15) is 0 Å². The van der Waals surface area contributed by atoms with Crippen LogP contribution in [-0.2, 0) is 0 Å². The van der Waals surface area contributed by atoms with Gasteiger partial charge in [0.25, 0.3) is 5.91 Å². The summed E-state index contributed by atoms with van der Waals surface area (Å²) in [6.07, 6.45) is 2.05. The van der Waals surface area contributed by atoms with Crippen molar-refractivity contribution in [2.45, 2.75) is 4.90 Å². The van der Waals surface area contributed by atoms with Crippen LogP contribution in [0.2, 0.25) is 0 Å². The maximum atomic E-state index is 13.1. The first-order valence-corrected chi connectivity index (χ1v) is 11.3. The van der Waals surface area contributed by atoms with E-state index in [1.807, 2.05) is 38.6 Å². The van der Waals surface area contributed by atoms with Crippen LogP contribution in [-0.4, -0.2) is 49.2 Å². The molecule has 0 spiro atoms. The van der Waals surface area contributed by atoms with Crippen molar-refractivity contribution in [3.8, 4) is 0 Å². The molecule has 0 N–H and O–H groups in total. The largest absolute Gasteiger partial charge is 0.308 e. The third kappa shape index (κ3) is 4.25. The van der Waals surface area contributed by atoms with Crippen molar-refractivity contribution < 1.29 is 4.79 Å². The Hall–Kier alpha value is -0.930. The second-order valence-corrected chi connectivity index (χ2v) is 9.99. The molecule has 1 amide bonds. The van der Waals surface area contributed by atoms with Gasteiger partial charge >= 0.3 is 0 Å². The number of carbonyl (C=O) groups excluding carboxylic acids is 1. The molecule has 132 valence electrons. The predicted molar refractivity (Wildman–Crippen MR) is 114 cm³/mol. The summed E-state index contributed by atoms with van der Waals surface area (Å²) in [6, 6.07) is 9.94. The number of hydrogen-bond acceptors (Lipinski definition) is 6. The molecular formula is C17H18BrN3OS3. The van der Waals surface area contributed by atoms with Crippen LogP contribution in [0.4, 0.5) is 5.13 Å². The quantitative estimate of drug-likeness (QED) is 0.487. The fraction of sp³-hybridized carbons (Fsp3) is 0.294. The van der Waals surface area contributed by atoms with Crippen LogP contribution in [0.25, 0.3) is 10.2 Å². The van der Waals surface area contributed by atoms with Crippen LogP contribution in [0.15, 0.2) is 39.0 Å². The molecule has 0 unspecified atom stereocenters.